The summed E-state index contributed by atoms with van der Waals surface area (Å²) in [7, 11) is 1.63. The van der Waals surface area contributed by atoms with E-state index in [9.17, 15) is 14.4 Å². The fourth-order valence-corrected chi connectivity index (χ4v) is 3.72. The highest BCUT2D eigenvalue weighted by Crippen LogP contribution is 2.33. The number of fused-ring (bicyclic) bond motifs is 1. The van der Waals surface area contributed by atoms with E-state index in [0.717, 1.165) is 15.7 Å². The summed E-state index contributed by atoms with van der Waals surface area (Å²) >= 11 is 0. The molecule has 0 radical (unpaired) electrons. The molecule has 1 unspecified atom stereocenters. The van der Waals surface area contributed by atoms with Crippen molar-refractivity contribution in [3.8, 4) is 0 Å². The molecular formula is C23H21N3O3. The highest BCUT2D eigenvalue weighted by molar-refractivity contribution is 6.11. The minimum Gasteiger partial charge on any atom is -0.319 e. The largest absolute Gasteiger partial charge is 0.325 e. The van der Waals surface area contributed by atoms with Crippen LogP contribution in [-0.4, -0.2) is 36.3 Å². The Labute approximate surface area is 168 Å². The van der Waals surface area contributed by atoms with Crippen LogP contribution in [0.2, 0.25) is 0 Å². The van der Waals surface area contributed by atoms with Gasteiger partial charge in [0.15, 0.2) is 0 Å². The molecule has 1 heterocycles. The number of likely N-dealkylation sites (N-methyl/N-ethyl adjacent to an activating group) is 1. The van der Waals surface area contributed by atoms with E-state index in [1.54, 1.807) is 26.1 Å². The van der Waals surface area contributed by atoms with Gasteiger partial charge in [0.1, 0.15) is 12.1 Å². The number of nitrogens with one attached hydrogen (secondary N) is 1. The van der Waals surface area contributed by atoms with Crippen LogP contribution >= 0.6 is 0 Å². The van der Waals surface area contributed by atoms with Gasteiger partial charge in [-0.15, -0.1) is 0 Å². The molecule has 0 saturated carbocycles. The van der Waals surface area contributed by atoms with E-state index in [0.29, 0.717) is 11.3 Å². The maximum absolute atomic E-state index is 13.2. The van der Waals surface area contributed by atoms with Crippen LogP contribution in [0.15, 0.2) is 72.8 Å². The summed E-state index contributed by atoms with van der Waals surface area (Å²) in [5, 5.41) is 4.66. The number of benzene rings is 3. The second-order valence-electron chi connectivity index (χ2n) is 7.26. The second-order valence-corrected chi connectivity index (χ2v) is 7.26. The minimum absolute atomic E-state index is 0.323. The van der Waals surface area contributed by atoms with E-state index in [1.165, 1.54) is 4.90 Å². The van der Waals surface area contributed by atoms with Gasteiger partial charge in [0.25, 0.3) is 5.91 Å². The Hall–Kier alpha value is -3.67. The first-order valence-corrected chi connectivity index (χ1v) is 9.36. The van der Waals surface area contributed by atoms with Gasteiger partial charge in [-0.2, -0.15) is 0 Å². The molecule has 29 heavy (non-hydrogen) atoms. The second kappa shape index (κ2) is 7.05. The molecule has 0 aliphatic carbocycles. The van der Waals surface area contributed by atoms with Crippen LogP contribution in [0.4, 0.5) is 10.5 Å². The molecule has 146 valence electrons. The third-order valence-electron chi connectivity index (χ3n) is 5.41. The van der Waals surface area contributed by atoms with Gasteiger partial charge in [0, 0.05) is 12.7 Å². The Bertz CT molecular complexity index is 1110. The molecule has 0 aromatic heterocycles. The normalized spacial score (nSPS) is 18.8. The van der Waals surface area contributed by atoms with Gasteiger partial charge in [0.2, 0.25) is 5.91 Å². The molecule has 3 aromatic rings. The molecule has 0 bridgehead atoms. The number of nitrogens with zero attached hydrogens (tertiary/aromatic N) is 2. The quantitative estimate of drug-likeness (QED) is 0.699. The van der Waals surface area contributed by atoms with Crippen LogP contribution < -0.4 is 10.2 Å². The number of hydrogen-bond donors (Lipinski definition) is 1. The zero-order chi connectivity index (χ0) is 20.6. The van der Waals surface area contributed by atoms with Crippen molar-refractivity contribution in [2.45, 2.75) is 12.5 Å². The minimum atomic E-state index is -1.23. The maximum Gasteiger partial charge on any atom is 0.325 e. The SMILES string of the molecule is CN(C(=O)CN1C(=O)NC(C)(c2cccc3ccccc23)C1=O)c1ccccc1. The summed E-state index contributed by atoms with van der Waals surface area (Å²) in [6.07, 6.45) is 0. The van der Waals surface area contributed by atoms with Crippen molar-refractivity contribution in [1.82, 2.24) is 10.2 Å². The van der Waals surface area contributed by atoms with Crippen molar-refractivity contribution in [3.05, 3.63) is 78.4 Å². The molecule has 6 nitrogen and oxygen atoms in total. The summed E-state index contributed by atoms with van der Waals surface area (Å²) in [6.45, 7) is 1.36. The molecule has 6 heteroatoms. The van der Waals surface area contributed by atoms with Gasteiger partial charge in [-0.05, 0) is 35.4 Å². The van der Waals surface area contributed by atoms with E-state index in [4.69, 9.17) is 0 Å². The molecule has 1 aliphatic heterocycles. The predicted molar refractivity (Wildman–Crippen MR) is 111 cm³/mol. The van der Waals surface area contributed by atoms with Gasteiger partial charge in [-0.1, -0.05) is 60.7 Å². The first kappa shape index (κ1) is 18.7. The number of anilines is 1. The standard InChI is InChI=1S/C23H21N3O3/c1-23(19-14-8-10-16-9-6-7-13-18(16)19)21(28)26(22(29)24-23)15-20(27)25(2)17-11-4-3-5-12-17/h3-14H,15H2,1-2H3,(H,24,29). The van der Waals surface area contributed by atoms with Crippen LogP contribution in [0.25, 0.3) is 10.8 Å². The lowest BCUT2D eigenvalue weighted by molar-refractivity contribution is -0.134. The topological polar surface area (TPSA) is 69.7 Å². The molecule has 1 aliphatic rings. The lowest BCUT2D eigenvalue weighted by Gasteiger charge is -2.24. The summed E-state index contributed by atoms with van der Waals surface area (Å²) in [5.74, 6) is -0.782. The summed E-state index contributed by atoms with van der Waals surface area (Å²) in [4.78, 5) is 41.0. The number of imide groups is 1. The van der Waals surface area contributed by atoms with Crippen molar-refractivity contribution < 1.29 is 14.4 Å². The average molecular weight is 387 g/mol. The highest BCUT2D eigenvalue weighted by Gasteiger charge is 2.50. The van der Waals surface area contributed by atoms with Gasteiger partial charge in [-0.25, -0.2) is 4.79 Å². The van der Waals surface area contributed by atoms with Crippen molar-refractivity contribution in [2.24, 2.45) is 0 Å². The van der Waals surface area contributed by atoms with Crippen LogP contribution in [0, 0.1) is 0 Å². The Morgan fingerprint density at radius 2 is 1.62 bits per heavy atom. The van der Waals surface area contributed by atoms with E-state index < -0.39 is 17.5 Å². The Kier molecular flexibility index (Phi) is 4.54. The van der Waals surface area contributed by atoms with Crippen molar-refractivity contribution in [1.29, 1.82) is 0 Å². The molecule has 4 rings (SSSR count). The Morgan fingerprint density at radius 1 is 0.966 bits per heavy atom. The number of rotatable bonds is 4. The number of hydrogen-bond acceptors (Lipinski definition) is 3. The van der Waals surface area contributed by atoms with Crippen LogP contribution in [-0.2, 0) is 15.1 Å². The molecule has 0 spiro atoms. The van der Waals surface area contributed by atoms with Crippen LogP contribution in [0.5, 0.6) is 0 Å². The van der Waals surface area contributed by atoms with Gasteiger partial charge < -0.3 is 10.2 Å². The first-order chi connectivity index (χ1) is 13.9. The highest BCUT2D eigenvalue weighted by atomic mass is 16.2. The van der Waals surface area contributed by atoms with Gasteiger partial charge in [-0.3, -0.25) is 14.5 Å². The lowest BCUT2D eigenvalue weighted by Crippen LogP contribution is -2.43. The van der Waals surface area contributed by atoms with Crippen LogP contribution in [0.3, 0.4) is 0 Å². The number of para-hydroxylation sites is 1. The Balaban J connectivity index is 1.62. The fourth-order valence-electron chi connectivity index (χ4n) is 3.72. The van der Waals surface area contributed by atoms with Crippen LogP contribution in [0.1, 0.15) is 12.5 Å². The summed E-state index contributed by atoms with van der Waals surface area (Å²) in [5.41, 5.74) is 0.172. The van der Waals surface area contributed by atoms with E-state index in [-0.39, 0.29) is 12.5 Å². The molecule has 1 atom stereocenters. The molecule has 1 N–H and O–H groups in total. The predicted octanol–water partition coefficient (Wildman–Crippen LogP) is 3.27. The third kappa shape index (κ3) is 3.12. The van der Waals surface area contributed by atoms with Crippen molar-refractivity contribution >= 4 is 34.3 Å². The lowest BCUT2D eigenvalue weighted by atomic mass is 9.88. The van der Waals surface area contributed by atoms with Gasteiger partial charge >= 0.3 is 6.03 Å². The molecule has 1 saturated heterocycles. The zero-order valence-electron chi connectivity index (χ0n) is 16.3. The maximum atomic E-state index is 13.2. The average Bonchev–Trinajstić information content (AvgIpc) is 2.97. The number of carbonyl (C=O) groups excluding carboxylic acids is 3. The number of urea groups is 1. The van der Waals surface area contributed by atoms with E-state index in [2.05, 4.69) is 5.32 Å². The van der Waals surface area contributed by atoms with E-state index in [1.807, 2.05) is 60.7 Å². The third-order valence-corrected chi connectivity index (χ3v) is 5.41. The van der Waals surface area contributed by atoms with Crippen molar-refractivity contribution in [3.63, 3.8) is 0 Å². The molecular weight excluding hydrogens is 366 g/mol. The molecule has 1 fully saturated rings. The smallest absolute Gasteiger partial charge is 0.319 e. The summed E-state index contributed by atoms with van der Waals surface area (Å²) in [6, 6.07) is 21.9. The Morgan fingerprint density at radius 3 is 2.38 bits per heavy atom. The molecule has 4 amide bonds. The summed E-state index contributed by atoms with van der Waals surface area (Å²) < 4.78 is 0. The van der Waals surface area contributed by atoms with E-state index >= 15 is 0 Å². The fraction of sp³-hybridized carbons (Fsp3) is 0.174. The number of amides is 4. The van der Waals surface area contributed by atoms with Crippen molar-refractivity contribution in [2.75, 3.05) is 18.5 Å². The first-order valence-electron chi connectivity index (χ1n) is 9.36. The van der Waals surface area contributed by atoms with Gasteiger partial charge in [0.05, 0.1) is 0 Å². The number of carbonyl (C=O) groups is 3. The monoisotopic (exact) mass is 387 g/mol. The zero-order valence-corrected chi connectivity index (χ0v) is 16.3. The molecule has 3 aromatic carbocycles.